The van der Waals surface area contributed by atoms with Crippen molar-refractivity contribution >= 4 is 5.82 Å². The van der Waals surface area contributed by atoms with Gasteiger partial charge in [-0.05, 0) is 6.92 Å². The van der Waals surface area contributed by atoms with E-state index in [0.717, 1.165) is 30.4 Å². The summed E-state index contributed by atoms with van der Waals surface area (Å²) in [5.74, 6) is 1.64. The van der Waals surface area contributed by atoms with E-state index in [-0.39, 0.29) is 12.7 Å². The lowest BCUT2D eigenvalue weighted by Gasteiger charge is -2.31. The number of nitrogens with one attached hydrogen (secondary N) is 1. The van der Waals surface area contributed by atoms with E-state index in [2.05, 4.69) is 20.2 Å². The summed E-state index contributed by atoms with van der Waals surface area (Å²) in [4.78, 5) is 11.1. The van der Waals surface area contributed by atoms with E-state index in [0.29, 0.717) is 13.2 Å². The molecular formula is C12H20N4O2. The zero-order valence-corrected chi connectivity index (χ0v) is 10.9. The summed E-state index contributed by atoms with van der Waals surface area (Å²) in [6.45, 7) is 4.94. The highest BCUT2D eigenvalue weighted by Gasteiger charge is 2.20. The molecular weight excluding hydrogens is 232 g/mol. The topological polar surface area (TPSA) is 70.5 Å². The number of anilines is 1. The fraction of sp³-hybridized carbons (Fsp3) is 0.667. The molecule has 1 aromatic heterocycles. The Morgan fingerprint density at radius 3 is 3.11 bits per heavy atom. The number of aromatic nitrogens is 2. The number of ether oxygens (including phenoxy) is 1. The van der Waals surface area contributed by atoms with Crippen LogP contribution >= 0.6 is 0 Å². The quantitative estimate of drug-likeness (QED) is 0.787. The highest BCUT2D eigenvalue weighted by molar-refractivity contribution is 5.34. The highest BCUT2D eigenvalue weighted by Crippen LogP contribution is 2.10. The minimum atomic E-state index is -0.0904. The Bertz CT molecular complexity index is 400. The predicted molar refractivity (Wildman–Crippen MR) is 68.4 cm³/mol. The van der Waals surface area contributed by atoms with Gasteiger partial charge in [0.1, 0.15) is 11.6 Å². The number of rotatable bonds is 4. The molecule has 1 fully saturated rings. The van der Waals surface area contributed by atoms with Crippen molar-refractivity contribution in [2.24, 2.45) is 0 Å². The summed E-state index contributed by atoms with van der Waals surface area (Å²) in [5.41, 5.74) is 0.955. The first-order valence-corrected chi connectivity index (χ1v) is 6.18. The maximum absolute atomic E-state index is 9.11. The van der Waals surface area contributed by atoms with Crippen LogP contribution in [0.1, 0.15) is 11.5 Å². The van der Waals surface area contributed by atoms with Gasteiger partial charge in [-0.1, -0.05) is 0 Å². The third-order valence-electron chi connectivity index (χ3n) is 2.95. The van der Waals surface area contributed by atoms with Gasteiger partial charge in [-0.2, -0.15) is 0 Å². The van der Waals surface area contributed by atoms with Crippen LogP contribution in [0.2, 0.25) is 0 Å². The fourth-order valence-corrected chi connectivity index (χ4v) is 2.06. The summed E-state index contributed by atoms with van der Waals surface area (Å²) in [6, 6.07) is 1.92. The third-order valence-corrected chi connectivity index (χ3v) is 2.95. The molecule has 0 bridgehead atoms. The molecule has 100 valence electrons. The number of aliphatic hydroxyl groups excluding tert-OH is 1. The molecule has 1 aromatic rings. The van der Waals surface area contributed by atoms with E-state index in [4.69, 9.17) is 9.84 Å². The lowest BCUT2D eigenvalue weighted by atomic mass is 10.3. The zero-order chi connectivity index (χ0) is 13.0. The van der Waals surface area contributed by atoms with E-state index in [1.54, 1.807) is 0 Å². The van der Waals surface area contributed by atoms with E-state index in [1.165, 1.54) is 0 Å². The van der Waals surface area contributed by atoms with Crippen molar-refractivity contribution in [2.75, 3.05) is 38.7 Å². The number of aliphatic hydroxyl groups is 1. The Kier molecular flexibility index (Phi) is 4.46. The summed E-state index contributed by atoms with van der Waals surface area (Å²) < 4.78 is 5.42. The van der Waals surface area contributed by atoms with E-state index in [1.807, 2.05) is 20.0 Å². The van der Waals surface area contributed by atoms with Gasteiger partial charge in [0, 0.05) is 31.9 Å². The van der Waals surface area contributed by atoms with Crippen LogP contribution < -0.4 is 5.32 Å². The van der Waals surface area contributed by atoms with E-state index >= 15 is 0 Å². The predicted octanol–water partition coefficient (Wildman–Crippen LogP) is 0.0198. The average Bonchev–Trinajstić information content (AvgIpc) is 2.38. The lowest BCUT2D eigenvalue weighted by molar-refractivity contribution is -0.0556. The number of morpholine rings is 1. The highest BCUT2D eigenvalue weighted by atomic mass is 16.5. The molecule has 1 unspecified atom stereocenters. The van der Waals surface area contributed by atoms with Crippen molar-refractivity contribution < 1.29 is 9.84 Å². The minimum absolute atomic E-state index is 0.0624. The molecule has 1 saturated heterocycles. The molecule has 1 aliphatic rings. The molecule has 0 aliphatic carbocycles. The van der Waals surface area contributed by atoms with Gasteiger partial charge in [-0.25, -0.2) is 9.97 Å². The molecule has 2 N–H and O–H groups in total. The number of hydrogen-bond acceptors (Lipinski definition) is 6. The summed E-state index contributed by atoms with van der Waals surface area (Å²) in [6.07, 6.45) is -0.0904. The maximum atomic E-state index is 9.11. The molecule has 0 aromatic carbocycles. The van der Waals surface area contributed by atoms with Crippen molar-refractivity contribution in [3.8, 4) is 0 Å². The van der Waals surface area contributed by atoms with Gasteiger partial charge in [-0.3, -0.25) is 4.90 Å². The fourth-order valence-electron chi connectivity index (χ4n) is 2.06. The monoisotopic (exact) mass is 252 g/mol. The summed E-state index contributed by atoms with van der Waals surface area (Å²) in [5, 5.41) is 12.1. The van der Waals surface area contributed by atoms with Gasteiger partial charge in [-0.15, -0.1) is 0 Å². The van der Waals surface area contributed by atoms with Crippen LogP contribution in [-0.2, 0) is 11.3 Å². The van der Waals surface area contributed by atoms with Crippen LogP contribution in [0.4, 0.5) is 5.82 Å². The second-order valence-corrected chi connectivity index (χ2v) is 4.47. The van der Waals surface area contributed by atoms with Gasteiger partial charge in [0.2, 0.25) is 0 Å². The van der Waals surface area contributed by atoms with Crippen LogP contribution in [0.25, 0.3) is 0 Å². The first-order chi connectivity index (χ1) is 8.71. The molecule has 0 radical (unpaired) electrons. The van der Waals surface area contributed by atoms with Gasteiger partial charge in [0.05, 0.1) is 25.9 Å². The first-order valence-electron chi connectivity index (χ1n) is 6.18. The molecule has 1 aliphatic heterocycles. The van der Waals surface area contributed by atoms with Crippen LogP contribution in [0.3, 0.4) is 0 Å². The number of nitrogens with zero attached hydrogens (tertiary/aromatic N) is 3. The molecule has 0 amide bonds. The van der Waals surface area contributed by atoms with Crippen LogP contribution in [-0.4, -0.2) is 59.4 Å². The molecule has 0 spiro atoms. The van der Waals surface area contributed by atoms with Gasteiger partial charge < -0.3 is 15.2 Å². The Balaban J connectivity index is 2.02. The molecule has 1 atom stereocenters. The second-order valence-electron chi connectivity index (χ2n) is 4.47. The SMILES string of the molecule is CNc1cc(C)nc(CN2CCOC(CO)C2)n1. The maximum Gasteiger partial charge on any atom is 0.144 e. The third kappa shape index (κ3) is 3.38. The van der Waals surface area contributed by atoms with Gasteiger partial charge in [0.25, 0.3) is 0 Å². The van der Waals surface area contributed by atoms with Crippen LogP contribution in [0.5, 0.6) is 0 Å². The average molecular weight is 252 g/mol. The van der Waals surface area contributed by atoms with Crippen molar-refractivity contribution in [3.63, 3.8) is 0 Å². The molecule has 18 heavy (non-hydrogen) atoms. The second kappa shape index (κ2) is 6.08. The molecule has 6 heteroatoms. The normalized spacial score (nSPS) is 20.9. The van der Waals surface area contributed by atoms with E-state index < -0.39 is 0 Å². The van der Waals surface area contributed by atoms with E-state index in [9.17, 15) is 0 Å². The standard InChI is InChI=1S/C12H20N4O2/c1-9-5-11(13-2)15-12(14-9)7-16-3-4-18-10(6-16)8-17/h5,10,17H,3-4,6-8H2,1-2H3,(H,13,14,15). The number of aryl methyl sites for hydroxylation is 1. The minimum Gasteiger partial charge on any atom is -0.394 e. The Morgan fingerprint density at radius 1 is 1.56 bits per heavy atom. The van der Waals surface area contributed by atoms with Crippen molar-refractivity contribution in [3.05, 3.63) is 17.6 Å². The van der Waals surface area contributed by atoms with Crippen LogP contribution in [0.15, 0.2) is 6.07 Å². The van der Waals surface area contributed by atoms with Crippen molar-refractivity contribution in [1.82, 2.24) is 14.9 Å². The first kappa shape index (κ1) is 13.2. The summed E-state index contributed by atoms with van der Waals surface area (Å²) in [7, 11) is 1.85. The zero-order valence-electron chi connectivity index (χ0n) is 10.9. The lowest BCUT2D eigenvalue weighted by Crippen LogP contribution is -2.43. The van der Waals surface area contributed by atoms with Gasteiger partial charge >= 0.3 is 0 Å². The Hall–Kier alpha value is -1.24. The van der Waals surface area contributed by atoms with Gasteiger partial charge in [0.15, 0.2) is 0 Å². The van der Waals surface area contributed by atoms with Crippen molar-refractivity contribution in [1.29, 1.82) is 0 Å². The largest absolute Gasteiger partial charge is 0.394 e. The molecule has 0 saturated carbocycles. The molecule has 6 nitrogen and oxygen atoms in total. The number of hydrogen-bond donors (Lipinski definition) is 2. The van der Waals surface area contributed by atoms with Crippen molar-refractivity contribution in [2.45, 2.75) is 19.6 Å². The smallest absolute Gasteiger partial charge is 0.144 e. The molecule has 2 rings (SSSR count). The Morgan fingerprint density at radius 2 is 2.39 bits per heavy atom. The van der Waals surface area contributed by atoms with Crippen LogP contribution in [0, 0.1) is 6.92 Å². The molecule has 2 heterocycles. The Labute approximate surface area is 107 Å². The summed E-state index contributed by atoms with van der Waals surface area (Å²) >= 11 is 0.